The summed E-state index contributed by atoms with van der Waals surface area (Å²) in [5.74, 6) is 0.663. The molecule has 24 heavy (non-hydrogen) atoms. The van der Waals surface area contributed by atoms with E-state index in [0.29, 0.717) is 17.8 Å². The quantitative estimate of drug-likeness (QED) is 0.786. The molecule has 1 amide bonds. The van der Waals surface area contributed by atoms with Gasteiger partial charge >= 0.3 is 0 Å². The Labute approximate surface area is 148 Å². The van der Waals surface area contributed by atoms with Crippen LogP contribution in [-0.4, -0.2) is 38.2 Å². The minimum atomic E-state index is 0.221. The number of aromatic nitrogens is 2. The van der Waals surface area contributed by atoms with Gasteiger partial charge in [0, 0.05) is 24.5 Å². The minimum Gasteiger partial charge on any atom is -0.337 e. The number of thioether (sulfide) groups is 1. The van der Waals surface area contributed by atoms with Crippen LogP contribution in [0, 0.1) is 6.92 Å². The van der Waals surface area contributed by atoms with Crippen molar-refractivity contribution in [3.8, 4) is 5.69 Å². The van der Waals surface area contributed by atoms with Gasteiger partial charge in [0.25, 0.3) is 0 Å². The number of benzene rings is 1. The number of aryl methyl sites for hydroxylation is 1. The normalized spacial score (nSPS) is 21.0. The van der Waals surface area contributed by atoms with Crippen LogP contribution in [0.4, 0.5) is 0 Å². The third kappa shape index (κ3) is 3.51. The Morgan fingerprint density at radius 1 is 1.25 bits per heavy atom. The van der Waals surface area contributed by atoms with E-state index in [4.69, 9.17) is 0 Å². The van der Waals surface area contributed by atoms with E-state index in [2.05, 4.69) is 47.4 Å². The van der Waals surface area contributed by atoms with Gasteiger partial charge in [0.2, 0.25) is 5.91 Å². The molecule has 1 aromatic carbocycles. The van der Waals surface area contributed by atoms with Crippen LogP contribution in [0.1, 0.15) is 38.7 Å². The van der Waals surface area contributed by atoms with E-state index in [1.54, 1.807) is 6.20 Å². The zero-order chi connectivity index (χ0) is 17.1. The lowest BCUT2D eigenvalue weighted by Gasteiger charge is -2.39. The molecule has 0 radical (unpaired) electrons. The highest BCUT2D eigenvalue weighted by atomic mass is 32.2. The fraction of sp³-hybridized carbons (Fsp3) is 0.474. The van der Waals surface area contributed by atoms with Crippen LogP contribution >= 0.6 is 11.8 Å². The molecule has 4 nitrogen and oxygen atoms in total. The van der Waals surface area contributed by atoms with Crippen molar-refractivity contribution in [2.24, 2.45) is 0 Å². The SMILES string of the molecule is Cc1ccccc1-n1ccnc1SCC(=O)N1C(C)CCCC1C. The summed E-state index contributed by atoms with van der Waals surface area (Å²) in [6.07, 6.45) is 7.20. The van der Waals surface area contributed by atoms with E-state index in [1.807, 2.05) is 18.3 Å². The van der Waals surface area contributed by atoms with Crippen LogP contribution in [0.25, 0.3) is 5.69 Å². The first-order valence-corrected chi connectivity index (χ1v) is 9.60. The summed E-state index contributed by atoms with van der Waals surface area (Å²) in [6.45, 7) is 6.41. The fourth-order valence-corrected chi connectivity index (χ4v) is 4.36. The minimum absolute atomic E-state index is 0.221. The molecular formula is C19H25N3OS. The Hall–Kier alpha value is -1.75. The third-order valence-corrected chi connectivity index (χ3v) is 5.74. The summed E-state index contributed by atoms with van der Waals surface area (Å²) in [4.78, 5) is 19.2. The molecule has 2 aromatic rings. The first kappa shape index (κ1) is 17.1. The van der Waals surface area contributed by atoms with E-state index < -0.39 is 0 Å². The van der Waals surface area contributed by atoms with Crippen molar-refractivity contribution >= 4 is 17.7 Å². The molecule has 0 spiro atoms. The molecule has 0 aliphatic carbocycles. The lowest BCUT2D eigenvalue weighted by Crippen LogP contribution is -2.48. The number of carbonyl (C=O) groups is 1. The average molecular weight is 343 g/mol. The van der Waals surface area contributed by atoms with Crippen molar-refractivity contribution in [2.45, 2.75) is 57.3 Å². The molecule has 3 rings (SSSR count). The van der Waals surface area contributed by atoms with Gasteiger partial charge in [-0.1, -0.05) is 30.0 Å². The number of hydrogen-bond acceptors (Lipinski definition) is 3. The predicted octanol–water partition coefficient (Wildman–Crippen LogP) is 4.06. The molecule has 1 aliphatic heterocycles. The molecule has 0 saturated carbocycles. The van der Waals surface area contributed by atoms with Crippen molar-refractivity contribution in [3.63, 3.8) is 0 Å². The molecule has 2 atom stereocenters. The van der Waals surface area contributed by atoms with Crippen LogP contribution in [0.2, 0.25) is 0 Å². The number of amides is 1. The maximum absolute atomic E-state index is 12.7. The first-order valence-electron chi connectivity index (χ1n) is 8.61. The van der Waals surface area contributed by atoms with Gasteiger partial charge in [0.1, 0.15) is 0 Å². The van der Waals surface area contributed by atoms with Gasteiger partial charge in [-0.3, -0.25) is 9.36 Å². The van der Waals surface area contributed by atoms with Crippen molar-refractivity contribution in [1.82, 2.24) is 14.5 Å². The van der Waals surface area contributed by atoms with Gasteiger partial charge in [-0.25, -0.2) is 4.98 Å². The second-order valence-corrected chi connectivity index (χ2v) is 7.53. The summed E-state index contributed by atoms with van der Waals surface area (Å²) in [6, 6.07) is 8.92. The third-order valence-electron chi connectivity index (χ3n) is 4.79. The molecular weight excluding hydrogens is 318 g/mol. The van der Waals surface area contributed by atoms with E-state index >= 15 is 0 Å². The molecule has 5 heteroatoms. The number of imidazole rings is 1. The summed E-state index contributed by atoms with van der Waals surface area (Å²) < 4.78 is 2.07. The van der Waals surface area contributed by atoms with E-state index in [9.17, 15) is 4.79 Å². The van der Waals surface area contributed by atoms with Crippen LogP contribution in [0.15, 0.2) is 41.8 Å². The zero-order valence-corrected chi connectivity index (χ0v) is 15.4. The van der Waals surface area contributed by atoms with Crippen LogP contribution in [-0.2, 0) is 4.79 Å². The molecule has 1 saturated heterocycles. The second kappa shape index (κ2) is 7.43. The lowest BCUT2D eigenvalue weighted by molar-refractivity contribution is -0.134. The molecule has 1 aromatic heterocycles. The Morgan fingerprint density at radius 3 is 2.67 bits per heavy atom. The van der Waals surface area contributed by atoms with Crippen molar-refractivity contribution in [3.05, 3.63) is 42.2 Å². The second-order valence-electron chi connectivity index (χ2n) is 6.58. The number of piperidine rings is 1. The monoisotopic (exact) mass is 343 g/mol. The van der Waals surface area contributed by atoms with Gasteiger partial charge < -0.3 is 4.90 Å². The predicted molar refractivity (Wildman–Crippen MR) is 98.6 cm³/mol. The molecule has 128 valence electrons. The first-order chi connectivity index (χ1) is 11.6. The highest BCUT2D eigenvalue weighted by Crippen LogP contribution is 2.26. The number of nitrogens with zero attached hydrogens (tertiary/aromatic N) is 3. The van der Waals surface area contributed by atoms with Crippen molar-refractivity contribution in [2.75, 3.05) is 5.75 Å². The number of rotatable bonds is 4. The van der Waals surface area contributed by atoms with Crippen LogP contribution in [0.3, 0.4) is 0 Å². The lowest BCUT2D eigenvalue weighted by atomic mass is 9.98. The van der Waals surface area contributed by atoms with Gasteiger partial charge in [-0.05, 0) is 51.7 Å². The largest absolute Gasteiger partial charge is 0.337 e. The molecule has 0 N–H and O–H groups in total. The van der Waals surface area contributed by atoms with E-state index in [1.165, 1.54) is 23.7 Å². The molecule has 0 bridgehead atoms. The summed E-state index contributed by atoms with van der Waals surface area (Å²) in [5.41, 5.74) is 2.31. The van der Waals surface area contributed by atoms with Crippen molar-refractivity contribution in [1.29, 1.82) is 0 Å². The molecule has 1 fully saturated rings. The summed E-state index contributed by atoms with van der Waals surface area (Å²) in [7, 11) is 0. The van der Waals surface area contributed by atoms with Gasteiger partial charge in [0.15, 0.2) is 5.16 Å². The van der Waals surface area contributed by atoms with Crippen LogP contribution in [0.5, 0.6) is 0 Å². The highest BCUT2D eigenvalue weighted by molar-refractivity contribution is 7.99. The Kier molecular flexibility index (Phi) is 5.29. The van der Waals surface area contributed by atoms with Crippen molar-refractivity contribution < 1.29 is 4.79 Å². The average Bonchev–Trinajstić information content (AvgIpc) is 3.01. The maximum atomic E-state index is 12.7. The number of hydrogen-bond donors (Lipinski definition) is 0. The highest BCUT2D eigenvalue weighted by Gasteiger charge is 2.28. The van der Waals surface area contributed by atoms with E-state index in [-0.39, 0.29) is 5.91 Å². The summed E-state index contributed by atoms with van der Waals surface area (Å²) in [5, 5.41) is 0.870. The topological polar surface area (TPSA) is 38.1 Å². The molecule has 1 aliphatic rings. The maximum Gasteiger partial charge on any atom is 0.233 e. The van der Waals surface area contributed by atoms with Gasteiger partial charge in [-0.2, -0.15) is 0 Å². The smallest absolute Gasteiger partial charge is 0.233 e. The number of likely N-dealkylation sites (tertiary alicyclic amines) is 1. The standard InChI is InChI=1S/C19H25N3OS/c1-14-7-4-5-10-17(14)21-12-11-20-19(21)24-13-18(23)22-15(2)8-6-9-16(22)3/h4-5,7,10-12,15-16H,6,8-9,13H2,1-3H3. The summed E-state index contributed by atoms with van der Waals surface area (Å²) >= 11 is 1.52. The molecule has 2 unspecified atom stereocenters. The Balaban J connectivity index is 1.71. The number of carbonyl (C=O) groups excluding carboxylic acids is 1. The number of para-hydroxylation sites is 1. The van der Waals surface area contributed by atoms with Gasteiger partial charge in [-0.15, -0.1) is 0 Å². The fourth-order valence-electron chi connectivity index (χ4n) is 3.53. The molecule has 2 heterocycles. The zero-order valence-electron chi connectivity index (χ0n) is 14.6. The van der Waals surface area contributed by atoms with Crippen LogP contribution < -0.4 is 0 Å². The van der Waals surface area contributed by atoms with Gasteiger partial charge in [0.05, 0.1) is 11.4 Å². The Bertz CT molecular complexity index is 702. The Morgan fingerprint density at radius 2 is 1.96 bits per heavy atom. The van der Waals surface area contributed by atoms with E-state index in [0.717, 1.165) is 23.7 Å².